The topological polar surface area (TPSA) is 175 Å². The number of H-pyrrole nitrogens is 1. The van der Waals surface area contributed by atoms with Gasteiger partial charge >= 0.3 is 0 Å². The van der Waals surface area contributed by atoms with Gasteiger partial charge in [-0.1, -0.05) is 20.3 Å². The highest BCUT2D eigenvalue weighted by Crippen LogP contribution is 2.26. The van der Waals surface area contributed by atoms with Crippen LogP contribution in [0.2, 0.25) is 0 Å². The molecule has 3 aromatic heterocycles. The summed E-state index contributed by atoms with van der Waals surface area (Å²) in [5.41, 5.74) is 0.634. The fourth-order valence-corrected chi connectivity index (χ4v) is 5.76. The van der Waals surface area contributed by atoms with Crippen molar-refractivity contribution >= 4 is 27.5 Å². The Kier molecular flexibility index (Phi) is 9.96. The molecule has 41 heavy (non-hydrogen) atoms. The molecule has 2 amide bonds. The molecule has 0 atom stereocenters. The first-order valence-electron chi connectivity index (χ1n) is 13.6. The van der Waals surface area contributed by atoms with E-state index in [1.54, 1.807) is 25.4 Å². The first-order chi connectivity index (χ1) is 19.8. The van der Waals surface area contributed by atoms with E-state index in [9.17, 15) is 18.0 Å². The standard InChI is InChI=1S/C26H35N9O5S/c1-4-8-20-22(23(33-32-20)25(37)29-17-21-27-9-7-10-28-21)31-24(36)19-15-18(16-30-26(19)40-6-3)41(38,39)35-13-11-34(5-2)12-14-35/h7,9-10,15-16H,4-6,8,11-14,17H2,1-3H3,(H,29,37)(H,31,36)(H,32,33). The Labute approximate surface area is 239 Å². The van der Waals surface area contributed by atoms with Crippen molar-refractivity contribution in [1.82, 2.24) is 39.7 Å². The van der Waals surface area contributed by atoms with E-state index < -0.39 is 21.8 Å². The second kappa shape index (κ2) is 13.6. The molecule has 15 heteroatoms. The number of anilines is 1. The zero-order chi connectivity index (χ0) is 29.4. The number of carbonyl (C=O) groups is 2. The van der Waals surface area contributed by atoms with Gasteiger partial charge in [-0.05, 0) is 32.0 Å². The van der Waals surface area contributed by atoms with Gasteiger partial charge in [-0.2, -0.15) is 9.40 Å². The number of likely N-dealkylation sites (N-methyl/N-ethyl adjacent to an activating group) is 1. The lowest BCUT2D eigenvalue weighted by Gasteiger charge is -2.33. The van der Waals surface area contributed by atoms with E-state index in [1.807, 2.05) is 13.8 Å². The molecule has 0 spiro atoms. The average Bonchev–Trinajstić information content (AvgIpc) is 3.38. The number of sulfonamides is 1. The van der Waals surface area contributed by atoms with E-state index in [-0.39, 0.29) is 40.9 Å². The minimum atomic E-state index is -3.90. The second-order valence-electron chi connectivity index (χ2n) is 9.27. The Morgan fingerprint density at radius 1 is 1.05 bits per heavy atom. The van der Waals surface area contributed by atoms with Gasteiger partial charge in [0.1, 0.15) is 22.0 Å². The van der Waals surface area contributed by atoms with Crippen LogP contribution in [-0.4, -0.2) is 93.9 Å². The van der Waals surface area contributed by atoms with Crippen LogP contribution >= 0.6 is 0 Å². The van der Waals surface area contributed by atoms with E-state index in [1.165, 1.54) is 16.6 Å². The summed E-state index contributed by atoms with van der Waals surface area (Å²) in [5, 5.41) is 12.4. The molecule has 1 aliphatic heterocycles. The minimum Gasteiger partial charge on any atom is -0.477 e. The third-order valence-electron chi connectivity index (χ3n) is 6.59. The number of pyridine rings is 1. The second-order valence-corrected chi connectivity index (χ2v) is 11.2. The highest BCUT2D eigenvalue weighted by Gasteiger charge is 2.31. The molecule has 3 aromatic rings. The predicted molar refractivity (Wildman–Crippen MR) is 150 cm³/mol. The molecular weight excluding hydrogens is 550 g/mol. The summed E-state index contributed by atoms with van der Waals surface area (Å²) in [6.45, 7) is 8.75. The molecule has 3 N–H and O–H groups in total. The number of nitrogens with one attached hydrogen (secondary N) is 3. The van der Waals surface area contributed by atoms with Gasteiger partial charge in [0.15, 0.2) is 0 Å². The smallest absolute Gasteiger partial charge is 0.271 e. The minimum absolute atomic E-state index is 0.0208. The van der Waals surface area contributed by atoms with Gasteiger partial charge in [-0.25, -0.2) is 23.4 Å². The van der Waals surface area contributed by atoms with Gasteiger partial charge in [-0.3, -0.25) is 14.7 Å². The van der Waals surface area contributed by atoms with E-state index in [0.717, 1.165) is 6.54 Å². The Bertz CT molecular complexity index is 1460. The van der Waals surface area contributed by atoms with Crippen LogP contribution in [0.15, 0.2) is 35.6 Å². The molecule has 220 valence electrons. The van der Waals surface area contributed by atoms with Crippen LogP contribution in [0, 0.1) is 0 Å². The van der Waals surface area contributed by atoms with Crippen molar-refractivity contribution in [3.8, 4) is 5.88 Å². The van der Waals surface area contributed by atoms with Crippen molar-refractivity contribution in [2.75, 3.05) is 44.6 Å². The lowest BCUT2D eigenvalue weighted by molar-refractivity contribution is 0.0945. The first-order valence-corrected chi connectivity index (χ1v) is 15.0. The molecule has 1 aliphatic rings. The fourth-order valence-electron chi connectivity index (χ4n) is 4.37. The molecule has 0 unspecified atom stereocenters. The lowest BCUT2D eigenvalue weighted by atomic mass is 10.1. The number of ether oxygens (including phenoxy) is 1. The molecule has 4 rings (SSSR count). The number of hydrogen-bond acceptors (Lipinski definition) is 10. The molecule has 1 fully saturated rings. The van der Waals surface area contributed by atoms with Crippen molar-refractivity contribution in [1.29, 1.82) is 0 Å². The van der Waals surface area contributed by atoms with Crippen LogP contribution in [0.4, 0.5) is 5.69 Å². The molecule has 0 aromatic carbocycles. The number of nitrogens with zero attached hydrogens (tertiary/aromatic N) is 6. The normalized spacial score (nSPS) is 14.5. The number of aryl methyl sites for hydroxylation is 1. The largest absolute Gasteiger partial charge is 0.477 e. The summed E-state index contributed by atoms with van der Waals surface area (Å²) in [4.78, 5) is 41.1. The summed E-state index contributed by atoms with van der Waals surface area (Å²) in [5.74, 6) is -0.810. The van der Waals surface area contributed by atoms with Crippen LogP contribution in [0.5, 0.6) is 5.88 Å². The summed E-state index contributed by atoms with van der Waals surface area (Å²) in [6, 6.07) is 2.93. The maximum Gasteiger partial charge on any atom is 0.271 e. The van der Waals surface area contributed by atoms with Gasteiger partial charge in [0.2, 0.25) is 15.9 Å². The molecule has 0 aliphatic carbocycles. The molecule has 1 saturated heterocycles. The quantitative estimate of drug-likeness (QED) is 0.282. The summed E-state index contributed by atoms with van der Waals surface area (Å²) < 4.78 is 33.8. The van der Waals surface area contributed by atoms with Gasteiger partial charge in [0, 0.05) is 38.6 Å². The number of hydrogen-bond donors (Lipinski definition) is 3. The number of aromatic amines is 1. The van der Waals surface area contributed by atoms with Crippen molar-refractivity contribution in [3.63, 3.8) is 0 Å². The first kappa shape index (κ1) is 30.0. The maximum absolute atomic E-state index is 13.6. The zero-order valence-corrected chi connectivity index (χ0v) is 24.2. The monoisotopic (exact) mass is 585 g/mol. The highest BCUT2D eigenvalue weighted by atomic mass is 32.2. The molecule has 14 nitrogen and oxygen atoms in total. The van der Waals surface area contributed by atoms with Gasteiger partial charge in [-0.15, -0.1) is 0 Å². The highest BCUT2D eigenvalue weighted by molar-refractivity contribution is 7.89. The van der Waals surface area contributed by atoms with E-state index >= 15 is 0 Å². The fraction of sp³-hybridized carbons (Fsp3) is 0.462. The van der Waals surface area contributed by atoms with Crippen molar-refractivity contribution < 1.29 is 22.7 Å². The summed E-state index contributed by atoms with van der Waals surface area (Å²) in [7, 11) is -3.90. The molecule has 0 saturated carbocycles. The van der Waals surface area contributed by atoms with Gasteiger partial charge in [0.25, 0.3) is 11.8 Å². The zero-order valence-electron chi connectivity index (χ0n) is 23.4. The number of amides is 2. The molecular formula is C26H35N9O5S. The lowest BCUT2D eigenvalue weighted by Crippen LogP contribution is -2.48. The van der Waals surface area contributed by atoms with E-state index in [0.29, 0.717) is 50.5 Å². The number of carbonyl (C=O) groups excluding carboxylic acids is 2. The van der Waals surface area contributed by atoms with Crippen LogP contribution in [0.3, 0.4) is 0 Å². The Morgan fingerprint density at radius 3 is 2.44 bits per heavy atom. The van der Waals surface area contributed by atoms with Crippen LogP contribution in [0.1, 0.15) is 59.6 Å². The molecule has 0 radical (unpaired) electrons. The Balaban J connectivity index is 1.61. The Morgan fingerprint density at radius 2 is 1.78 bits per heavy atom. The van der Waals surface area contributed by atoms with Crippen LogP contribution in [-0.2, 0) is 23.0 Å². The summed E-state index contributed by atoms with van der Waals surface area (Å²) >= 11 is 0. The van der Waals surface area contributed by atoms with Crippen molar-refractivity contribution in [2.24, 2.45) is 0 Å². The third kappa shape index (κ3) is 7.04. The molecule has 0 bridgehead atoms. The van der Waals surface area contributed by atoms with Crippen LogP contribution in [0.25, 0.3) is 0 Å². The maximum atomic E-state index is 13.6. The van der Waals surface area contributed by atoms with Crippen LogP contribution < -0.4 is 15.4 Å². The predicted octanol–water partition coefficient (Wildman–Crippen LogP) is 1.45. The van der Waals surface area contributed by atoms with E-state index in [4.69, 9.17) is 4.74 Å². The van der Waals surface area contributed by atoms with Gasteiger partial charge in [0.05, 0.1) is 30.7 Å². The SMILES string of the molecule is CCCc1n[nH]c(C(=O)NCc2ncccn2)c1NC(=O)c1cc(S(=O)(=O)N2CCN(CC)CC2)cnc1OCC. The molecule has 4 heterocycles. The average molecular weight is 586 g/mol. The van der Waals surface area contributed by atoms with Crippen molar-refractivity contribution in [2.45, 2.75) is 45.1 Å². The number of piperazine rings is 1. The Hall–Kier alpha value is -3.95. The van der Waals surface area contributed by atoms with Gasteiger partial charge < -0.3 is 20.3 Å². The van der Waals surface area contributed by atoms with Crippen molar-refractivity contribution in [3.05, 3.63) is 53.5 Å². The number of rotatable bonds is 12. The summed E-state index contributed by atoms with van der Waals surface area (Å²) in [6.07, 6.45) is 5.53. The number of aromatic nitrogens is 5. The van der Waals surface area contributed by atoms with E-state index in [2.05, 4.69) is 40.7 Å². The third-order valence-corrected chi connectivity index (χ3v) is 8.45.